The van der Waals surface area contributed by atoms with Crippen LogP contribution in [0.15, 0.2) is 18.2 Å². The van der Waals surface area contributed by atoms with Gasteiger partial charge in [0, 0.05) is 30.6 Å². The first-order valence-electron chi connectivity index (χ1n) is 6.80. The summed E-state index contributed by atoms with van der Waals surface area (Å²) in [5.41, 5.74) is 2.02. The Hall–Kier alpha value is -1.51. The number of hydrogen-bond acceptors (Lipinski definition) is 2. The van der Waals surface area contributed by atoms with E-state index in [0.717, 1.165) is 12.3 Å². The predicted octanol–water partition coefficient (Wildman–Crippen LogP) is 3.30. The molecule has 104 valence electrons. The average molecular weight is 261 g/mol. The van der Waals surface area contributed by atoms with Gasteiger partial charge in [-0.3, -0.25) is 4.79 Å². The topological polar surface area (TPSA) is 29.5 Å². The third-order valence-electron chi connectivity index (χ3n) is 3.34. The van der Waals surface area contributed by atoms with Gasteiger partial charge < -0.3 is 9.64 Å². The molecule has 3 heteroatoms. The number of rotatable bonds is 2. The van der Waals surface area contributed by atoms with Crippen LogP contribution in [0.4, 0.5) is 0 Å². The van der Waals surface area contributed by atoms with Gasteiger partial charge in [0.2, 0.25) is 0 Å². The van der Waals surface area contributed by atoms with E-state index in [1.165, 1.54) is 5.56 Å². The Bertz CT molecular complexity index is 488. The van der Waals surface area contributed by atoms with Crippen LogP contribution in [0.2, 0.25) is 0 Å². The fraction of sp³-hybridized carbons (Fsp3) is 0.562. The van der Waals surface area contributed by atoms with Crippen LogP contribution in [0.3, 0.4) is 0 Å². The Morgan fingerprint density at radius 2 is 2.11 bits per heavy atom. The molecule has 1 aliphatic heterocycles. The molecular formula is C16H23NO2. The van der Waals surface area contributed by atoms with Crippen LogP contribution in [0.25, 0.3) is 0 Å². The van der Waals surface area contributed by atoms with E-state index in [2.05, 4.69) is 27.7 Å². The maximum Gasteiger partial charge on any atom is 0.253 e. The van der Waals surface area contributed by atoms with E-state index in [1.54, 1.807) is 4.90 Å². The predicted molar refractivity (Wildman–Crippen MR) is 76.8 cm³/mol. The number of carbonyl (C=O) groups is 1. The molecule has 1 heterocycles. The van der Waals surface area contributed by atoms with Gasteiger partial charge in [-0.1, -0.05) is 33.8 Å². The second-order valence-corrected chi connectivity index (χ2v) is 6.69. The van der Waals surface area contributed by atoms with Crippen molar-refractivity contribution in [3.63, 3.8) is 0 Å². The summed E-state index contributed by atoms with van der Waals surface area (Å²) in [6.45, 7) is 9.98. The van der Waals surface area contributed by atoms with Crippen molar-refractivity contribution in [2.45, 2.75) is 33.6 Å². The van der Waals surface area contributed by atoms with Crippen LogP contribution >= 0.6 is 0 Å². The van der Waals surface area contributed by atoms with Crippen molar-refractivity contribution < 1.29 is 9.53 Å². The average Bonchev–Trinajstić information content (AvgIpc) is 2.67. The summed E-state index contributed by atoms with van der Waals surface area (Å²) < 4.78 is 5.61. The van der Waals surface area contributed by atoms with Crippen molar-refractivity contribution >= 4 is 5.91 Å². The molecule has 1 unspecified atom stereocenters. The Labute approximate surface area is 115 Å². The summed E-state index contributed by atoms with van der Waals surface area (Å²) in [5, 5.41) is 0. The molecule has 1 aromatic carbocycles. The number of benzene rings is 1. The van der Waals surface area contributed by atoms with E-state index in [4.69, 9.17) is 4.74 Å². The first kappa shape index (κ1) is 13.9. The third-order valence-corrected chi connectivity index (χ3v) is 3.34. The number of ether oxygens (including phenoxy) is 1. The lowest BCUT2D eigenvalue weighted by molar-refractivity contribution is 0.0745. The van der Waals surface area contributed by atoms with Crippen LogP contribution in [0, 0.1) is 5.41 Å². The first-order chi connectivity index (χ1) is 8.78. The minimum Gasteiger partial charge on any atom is -0.493 e. The van der Waals surface area contributed by atoms with Crippen LogP contribution in [-0.4, -0.2) is 31.0 Å². The smallest absolute Gasteiger partial charge is 0.253 e. The van der Waals surface area contributed by atoms with E-state index < -0.39 is 0 Å². The molecule has 0 fully saturated rings. The van der Waals surface area contributed by atoms with Crippen molar-refractivity contribution in [1.82, 2.24) is 4.90 Å². The van der Waals surface area contributed by atoms with Crippen molar-refractivity contribution in [3.8, 4) is 5.75 Å². The SMILES string of the molecule is CC1COc2cc(C(=O)N(C)CC(C)(C)C)ccc21. The summed E-state index contributed by atoms with van der Waals surface area (Å²) in [6, 6.07) is 5.80. The second kappa shape index (κ2) is 4.87. The van der Waals surface area contributed by atoms with Crippen LogP contribution < -0.4 is 4.74 Å². The highest BCUT2D eigenvalue weighted by atomic mass is 16.5. The molecule has 0 aromatic heterocycles. The van der Waals surface area contributed by atoms with Crippen LogP contribution in [-0.2, 0) is 0 Å². The Kier molecular flexibility index (Phi) is 3.57. The summed E-state index contributed by atoms with van der Waals surface area (Å²) in [4.78, 5) is 14.2. The van der Waals surface area contributed by atoms with Gasteiger partial charge >= 0.3 is 0 Å². The highest BCUT2D eigenvalue weighted by Gasteiger charge is 2.23. The van der Waals surface area contributed by atoms with Crippen molar-refractivity contribution in [2.24, 2.45) is 5.41 Å². The molecule has 2 rings (SSSR count). The fourth-order valence-corrected chi connectivity index (χ4v) is 2.51. The molecule has 19 heavy (non-hydrogen) atoms. The van der Waals surface area contributed by atoms with E-state index in [-0.39, 0.29) is 11.3 Å². The highest BCUT2D eigenvalue weighted by molar-refractivity contribution is 5.94. The van der Waals surface area contributed by atoms with Gasteiger partial charge in [-0.15, -0.1) is 0 Å². The summed E-state index contributed by atoms with van der Waals surface area (Å²) in [5.74, 6) is 1.34. The lowest BCUT2D eigenvalue weighted by atomic mass is 9.96. The maximum atomic E-state index is 12.4. The van der Waals surface area contributed by atoms with Gasteiger partial charge in [0.15, 0.2) is 0 Å². The zero-order chi connectivity index (χ0) is 14.2. The maximum absolute atomic E-state index is 12.4. The molecule has 0 radical (unpaired) electrons. The number of carbonyl (C=O) groups excluding carboxylic acids is 1. The van der Waals surface area contributed by atoms with Gasteiger partial charge in [-0.25, -0.2) is 0 Å². The molecule has 1 amide bonds. The molecule has 3 nitrogen and oxygen atoms in total. The molecule has 1 aromatic rings. The zero-order valence-corrected chi connectivity index (χ0v) is 12.5. The number of amides is 1. The standard InChI is InChI=1S/C16H23NO2/c1-11-9-19-14-8-12(6-7-13(11)14)15(18)17(5)10-16(2,3)4/h6-8,11H,9-10H2,1-5H3. The molecule has 0 aliphatic carbocycles. The van der Waals surface area contributed by atoms with Gasteiger partial charge in [0.1, 0.15) is 5.75 Å². The summed E-state index contributed by atoms with van der Waals surface area (Å²) >= 11 is 0. The lowest BCUT2D eigenvalue weighted by Gasteiger charge is -2.26. The highest BCUT2D eigenvalue weighted by Crippen LogP contribution is 2.34. The number of fused-ring (bicyclic) bond motifs is 1. The van der Waals surface area contributed by atoms with E-state index in [0.29, 0.717) is 18.1 Å². The van der Waals surface area contributed by atoms with Crippen molar-refractivity contribution in [2.75, 3.05) is 20.2 Å². The lowest BCUT2D eigenvalue weighted by Crippen LogP contribution is -2.34. The summed E-state index contributed by atoms with van der Waals surface area (Å²) in [7, 11) is 1.85. The molecule has 0 spiro atoms. The van der Waals surface area contributed by atoms with E-state index >= 15 is 0 Å². The molecule has 0 bridgehead atoms. The molecule has 1 aliphatic rings. The van der Waals surface area contributed by atoms with Crippen molar-refractivity contribution in [1.29, 1.82) is 0 Å². The molecule has 0 saturated heterocycles. The third kappa shape index (κ3) is 3.09. The Balaban J connectivity index is 2.17. The molecule has 0 saturated carbocycles. The van der Waals surface area contributed by atoms with Gasteiger partial charge in [0.05, 0.1) is 6.61 Å². The Morgan fingerprint density at radius 3 is 2.74 bits per heavy atom. The van der Waals surface area contributed by atoms with Gasteiger partial charge in [0.25, 0.3) is 5.91 Å². The quantitative estimate of drug-likeness (QED) is 0.817. The van der Waals surface area contributed by atoms with Gasteiger partial charge in [-0.05, 0) is 17.5 Å². The largest absolute Gasteiger partial charge is 0.493 e. The Morgan fingerprint density at radius 1 is 1.42 bits per heavy atom. The number of nitrogens with zero attached hydrogens (tertiary/aromatic N) is 1. The van der Waals surface area contributed by atoms with E-state index in [1.807, 2.05) is 25.2 Å². The fourth-order valence-electron chi connectivity index (χ4n) is 2.51. The normalized spacial score (nSPS) is 17.8. The minimum absolute atomic E-state index is 0.0564. The minimum atomic E-state index is 0.0564. The molecule has 0 N–H and O–H groups in total. The molecular weight excluding hydrogens is 238 g/mol. The van der Waals surface area contributed by atoms with Crippen LogP contribution in [0.1, 0.15) is 49.5 Å². The summed E-state index contributed by atoms with van der Waals surface area (Å²) in [6.07, 6.45) is 0. The first-order valence-corrected chi connectivity index (χ1v) is 6.80. The van der Waals surface area contributed by atoms with Gasteiger partial charge in [-0.2, -0.15) is 0 Å². The zero-order valence-electron chi connectivity index (χ0n) is 12.5. The van der Waals surface area contributed by atoms with E-state index in [9.17, 15) is 4.79 Å². The van der Waals surface area contributed by atoms with Crippen molar-refractivity contribution in [3.05, 3.63) is 29.3 Å². The monoisotopic (exact) mass is 261 g/mol. The number of hydrogen-bond donors (Lipinski definition) is 0. The molecule has 1 atom stereocenters. The second-order valence-electron chi connectivity index (χ2n) is 6.69. The van der Waals surface area contributed by atoms with Crippen LogP contribution in [0.5, 0.6) is 5.75 Å².